The Morgan fingerprint density at radius 2 is 2.00 bits per heavy atom. The van der Waals surface area contributed by atoms with E-state index in [1.165, 1.54) is 11.8 Å². The van der Waals surface area contributed by atoms with Gasteiger partial charge in [-0.05, 0) is 24.6 Å². The summed E-state index contributed by atoms with van der Waals surface area (Å²) in [5, 5.41) is 12.8. The van der Waals surface area contributed by atoms with Crippen LogP contribution in [0.25, 0.3) is 0 Å². The molecule has 0 saturated heterocycles. The van der Waals surface area contributed by atoms with Crippen LogP contribution in [-0.2, 0) is 14.3 Å². The number of nitro groups is 1. The van der Waals surface area contributed by atoms with Gasteiger partial charge in [-0.15, -0.1) is 11.8 Å². The number of rotatable bonds is 7. The van der Waals surface area contributed by atoms with Crippen LogP contribution in [0.4, 0.5) is 15.8 Å². The highest BCUT2D eigenvalue weighted by molar-refractivity contribution is 8.00. The van der Waals surface area contributed by atoms with E-state index in [1.807, 2.05) is 31.2 Å². The zero-order valence-corrected chi connectivity index (χ0v) is 14.5. The summed E-state index contributed by atoms with van der Waals surface area (Å²) in [6, 6.07) is 10.3. The van der Waals surface area contributed by atoms with Crippen molar-refractivity contribution >= 4 is 35.0 Å². The lowest BCUT2D eigenvalue weighted by Crippen LogP contribution is -2.22. The number of ether oxygens (including phenoxy) is 1. The number of aryl methyl sites for hydroxylation is 1. The van der Waals surface area contributed by atoms with Gasteiger partial charge in [-0.25, -0.2) is 4.39 Å². The number of non-ortho nitro benzene ring substituents is 1. The number of carbonyl (C=O) groups excluding carboxylic acids is 2. The summed E-state index contributed by atoms with van der Waals surface area (Å²) in [5.74, 6) is -2.21. The maximum atomic E-state index is 13.6. The fourth-order valence-corrected chi connectivity index (χ4v) is 2.78. The van der Waals surface area contributed by atoms with E-state index in [1.54, 1.807) is 0 Å². The standard InChI is InChI=1S/C17H15FN2O5S/c1-11-4-2-3-5-15(11)26-10-17(22)25-9-16(21)19-14-8-12(20(23)24)6-7-13(14)18/h2-8H,9-10H2,1H3,(H,19,21). The van der Waals surface area contributed by atoms with E-state index in [0.717, 1.165) is 28.7 Å². The minimum Gasteiger partial charge on any atom is -0.455 e. The molecule has 0 fully saturated rings. The second-order valence-corrected chi connectivity index (χ2v) is 6.20. The fraction of sp³-hybridized carbons (Fsp3) is 0.176. The number of hydrogen-bond donors (Lipinski definition) is 1. The van der Waals surface area contributed by atoms with Crippen molar-refractivity contribution in [2.75, 3.05) is 17.7 Å². The number of thioether (sulfide) groups is 1. The molecule has 0 unspecified atom stereocenters. The number of hydrogen-bond acceptors (Lipinski definition) is 6. The molecule has 0 saturated carbocycles. The minimum atomic E-state index is -0.828. The number of halogens is 1. The molecule has 0 aliphatic heterocycles. The Labute approximate surface area is 152 Å². The van der Waals surface area contributed by atoms with E-state index >= 15 is 0 Å². The van der Waals surface area contributed by atoms with Crippen LogP contribution in [0.1, 0.15) is 5.56 Å². The maximum Gasteiger partial charge on any atom is 0.316 e. The number of carbonyl (C=O) groups is 2. The second-order valence-electron chi connectivity index (χ2n) is 5.18. The third-order valence-electron chi connectivity index (χ3n) is 3.24. The van der Waals surface area contributed by atoms with Crippen LogP contribution >= 0.6 is 11.8 Å². The molecule has 2 aromatic rings. The number of benzene rings is 2. The summed E-state index contributed by atoms with van der Waals surface area (Å²) >= 11 is 1.28. The molecule has 0 aliphatic carbocycles. The molecule has 0 aliphatic rings. The molecular weight excluding hydrogens is 363 g/mol. The van der Waals surface area contributed by atoms with Crippen molar-refractivity contribution in [1.29, 1.82) is 0 Å². The van der Waals surface area contributed by atoms with E-state index in [-0.39, 0.29) is 17.1 Å². The Bertz CT molecular complexity index is 844. The molecule has 0 heterocycles. The first-order valence-electron chi connectivity index (χ1n) is 7.44. The van der Waals surface area contributed by atoms with Crippen molar-refractivity contribution in [3.63, 3.8) is 0 Å². The quantitative estimate of drug-likeness (QED) is 0.343. The normalized spacial score (nSPS) is 10.2. The molecule has 2 rings (SSSR count). The van der Waals surface area contributed by atoms with Crippen molar-refractivity contribution in [1.82, 2.24) is 0 Å². The van der Waals surface area contributed by atoms with Gasteiger partial charge in [0.1, 0.15) is 5.82 Å². The molecule has 0 bridgehead atoms. The first-order chi connectivity index (χ1) is 12.4. The molecule has 136 valence electrons. The summed E-state index contributed by atoms with van der Waals surface area (Å²) in [7, 11) is 0. The summed E-state index contributed by atoms with van der Waals surface area (Å²) in [5.41, 5.74) is 0.298. The van der Waals surface area contributed by atoms with Crippen LogP contribution in [0, 0.1) is 22.9 Å². The van der Waals surface area contributed by atoms with E-state index in [4.69, 9.17) is 4.74 Å². The van der Waals surface area contributed by atoms with Crippen LogP contribution in [0.5, 0.6) is 0 Å². The number of nitrogens with one attached hydrogen (secondary N) is 1. The van der Waals surface area contributed by atoms with E-state index in [2.05, 4.69) is 5.32 Å². The van der Waals surface area contributed by atoms with E-state index in [0.29, 0.717) is 0 Å². The molecule has 9 heteroatoms. The van der Waals surface area contributed by atoms with Gasteiger partial charge in [0.15, 0.2) is 6.61 Å². The Morgan fingerprint density at radius 3 is 2.69 bits per heavy atom. The molecule has 7 nitrogen and oxygen atoms in total. The van der Waals surface area contributed by atoms with Gasteiger partial charge in [0, 0.05) is 17.0 Å². The number of amides is 1. The van der Waals surface area contributed by atoms with Gasteiger partial charge in [-0.1, -0.05) is 18.2 Å². The van der Waals surface area contributed by atoms with E-state index < -0.39 is 29.2 Å². The number of nitro benzene ring substituents is 1. The van der Waals surface area contributed by atoms with Gasteiger partial charge in [0.25, 0.3) is 11.6 Å². The largest absolute Gasteiger partial charge is 0.455 e. The van der Waals surface area contributed by atoms with Gasteiger partial charge in [-0.2, -0.15) is 0 Å². The van der Waals surface area contributed by atoms with E-state index in [9.17, 15) is 24.1 Å². The molecule has 1 amide bonds. The zero-order valence-electron chi connectivity index (χ0n) is 13.7. The Hall–Kier alpha value is -2.94. The van der Waals surface area contributed by atoms with Gasteiger partial charge in [-0.3, -0.25) is 19.7 Å². The average Bonchev–Trinajstić information content (AvgIpc) is 2.61. The highest BCUT2D eigenvalue weighted by Crippen LogP contribution is 2.22. The fourth-order valence-electron chi connectivity index (χ4n) is 1.95. The molecule has 0 radical (unpaired) electrons. The summed E-state index contributed by atoms with van der Waals surface area (Å²) in [4.78, 5) is 34.3. The minimum absolute atomic E-state index is 0.0172. The lowest BCUT2D eigenvalue weighted by Gasteiger charge is -2.08. The highest BCUT2D eigenvalue weighted by atomic mass is 32.2. The Kier molecular flexibility index (Phi) is 6.67. The topological polar surface area (TPSA) is 98.5 Å². The van der Waals surface area contributed by atoms with Crippen molar-refractivity contribution in [2.24, 2.45) is 0 Å². The molecule has 0 aromatic heterocycles. The molecular formula is C17H15FN2O5S. The summed E-state index contributed by atoms with van der Waals surface area (Å²) in [6.07, 6.45) is 0. The molecule has 0 spiro atoms. The van der Waals surface area contributed by atoms with Gasteiger partial charge in [0.2, 0.25) is 0 Å². The average molecular weight is 378 g/mol. The highest BCUT2D eigenvalue weighted by Gasteiger charge is 2.14. The van der Waals surface area contributed by atoms with Crippen molar-refractivity contribution in [2.45, 2.75) is 11.8 Å². The monoisotopic (exact) mass is 378 g/mol. The van der Waals surface area contributed by atoms with Gasteiger partial charge < -0.3 is 10.1 Å². The van der Waals surface area contributed by atoms with Crippen LogP contribution in [-0.4, -0.2) is 29.2 Å². The zero-order chi connectivity index (χ0) is 19.1. The third-order valence-corrected chi connectivity index (χ3v) is 4.39. The molecule has 1 N–H and O–H groups in total. The van der Waals surface area contributed by atoms with Crippen LogP contribution in [0.2, 0.25) is 0 Å². The first-order valence-corrected chi connectivity index (χ1v) is 8.43. The predicted molar refractivity (Wildman–Crippen MR) is 94.5 cm³/mol. The smallest absolute Gasteiger partial charge is 0.316 e. The Balaban J connectivity index is 1.83. The SMILES string of the molecule is Cc1ccccc1SCC(=O)OCC(=O)Nc1cc([N+](=O)[O-])ccc1F. The van der Waals surface area contributed by atoms with Crippen molar-refractivity contribution in [3.05, 3.63) is 64.0 Å². The number of nitrogens with zero attached hydrogens (tertiary/aromatic N) is 1. The maximum absolute atomic E-state index is 13.6. The Morgan fingerprint density at radius 1 is 1.27 bits per heavy atom. The number of esters is 1. The summed E-state index contributed by atoms with van der Waals surface area (Å²) in [6.45, 7) is 1.30. The first kappa shape index (κ1) is 19.4. The second kappa shape index (κ2) is 8.95. The van der Waals surface area contributed by atoms with Gasteiger partial charge in [0.05, 0.1) is 16.4 Å². The summed E-state index contributed by atoms with van der Waals surface area (Å²) < 4.78 is 18.4. The predicted octanol–water partition coefficient (Wildman–Crippen LogP) is 3.32. The lowest BCUT2D eigenvalue weighted by atomic mass is 10.2. The van der Waals surface area contributed by atoms with Crippen LogP contribution < -0.4 is 5.32 Å². The number of anilines is 1. The molecule has 2 aromatic carbocycles. The van der Waals surface area contributed by atoms with Gasteiger partial charge >= 0.3 is 5.97 Å². The molecule has 26 heavy (non-hydrogen) atoms. The third kappa shape index (κ3) is 5.55. The lowest BCUT2D eigenvalue weighted by molar-refractivity contribution is -0.384. The van der Waals surface area contributed by atoms with Crippen LogP contribution in [0.3, 0.4) is 0 Å². The molecule has 0 atom stereocenters. The van der Waals surface area contributed by atoms with Crippen LogP contribution in [0.15, 0.2) is 47.4 Å². The van der Waals surface area contributed by atoms with Crippen molar-refractivity contribution in [3.8, 4) is 0 Å². The van der Waals surface area contributed by atoms with Crippen molar-refractivity contribution < 1.29 is 23.6 Å².